The van der Waals surface area contributed by atoms with Crippen molar-refractivity contribution >= 4 is 64.6 Å². The molecule has 0 amide bonds. The summed E-state index contributed by atoms with van der Waals surface area (Å²) in [5.41, 5.74) is 0.483. The number of hydrogen-bond donors (Lipinski definition) is 0. The molecule has 0 saturated carbocycles. The van der Waals surface area contributed by atoms with E-state index in [0.717, 1.165) is 0 Å². The molecule has 0 radical (unpaired) electrons. The quantitative estimate of drug-likeness (QED) is 0.188. The first-order valence-electron chi connectivity index (χ1n) is 12.1. The monoisotopic (exact) mass is 750 g/mol. The number of hydrogen-bond acceptors (Lipinski definition) is 4. The first kappa shape index (κ1) is 27.1. The molecule has 0 aliphatic rings. The third kappa shape index (κ3) is 5.10. The average Bonchev–Trinajstić information content (AvgIpc) is 2.98. The number of halogens is 2. The summed E-state index contributed by atoms with van der Waals surface area (Å²) in [6.07, 6.45) is 0. The molecule has 0 unspecified atom stereocenters. The maximum atomic E-state index is 14.1. The molecule has 0 aromatic heterocycles. The Balaban J connectivity index is 1.88. The molecule has 39 heavy (non-hydrogen) atoms. The Labute approximate surface area is 239 Å². The van der Waals surface area contributed by atoms with Crippen LogP contribution in [0.15, 0.2) is 140 Å². The second kappa shape index (κ2) is 11.3. The predicted molar refractivity (Wildman–Crippen MR) is 158 cm³/mol. The second-order valence-corrected chi connectivity index (χ2v) is 24.5. The Bertz CT molecular complexity index is 1460. The van der Waals surface area contributed by atoms with Crippen molar-refractivity contribution in [1.82, 2.24) is 0 Å². The van der Waals surface area contributed by atoms with Gasteiger partial charge in [-0.2, -0.15) is 0 Å². The van der Waals surface area contributed by atoms with Crippen LogP contribution in [0.5, 0.6) is 0 Å². The summed E-state index contributed by atoms with van der Waals surface area (Å²) in [5.74, 6) is -1.30. The fourth-order valence-electron chi connectivity index (χ4n) is 4.53. The molecule has 0 spiro atoms. The van der Waals surface area contributed by atoms with Gasteiger partial charge >= 0.3 is 241 Å². The fraction of sp³-hybridized carbons (Fsp3) is 0. The second-order valence-electron chi connectivity index (χ2n) is 8.74. The standard InChI is InChI=1S/2C7H5ClO2.3C6H5.Bi/c2*8-6-3-1-2-5(4-6)7(9)10;3*1-2-4-6-5-3-1;/h2*1-4H,(H,9,10);3*1-5H;/q;;;;;+2/p-2. The van der Waals surface area contributed by atoms with Crippen LogP contribution in [0.1, 0.15) is 20.7 Å². The first-order valence-corrected chi connectivity index (χ1v) is 20.9. The van der Waals surface area contributed by atoms with Gasteiger partial charge in [0.05, 0.1) is 0 Å². The zero-order chi connectivity index (χ0) is 27.3. The van der Waals surface area contributed by atoms with Gasteiger partial charge in [-0.3, -0.25) is 0 Å². The summed E-state index contributed by atoms with van der Waals surface area (Å²) >= 11 is 6.24. The van der Waals surface area contributed by atoms with Crippen molar-refractivity contribution in [3.05, 3.63) is 161 Å². The third-order valence-corrected chi connectivity index (χ3v) is 25.2. The summed E-state index contributed by atoms with van der Waals surface area (Å²) < 4.78 is 15.4. The van der Waals surface area contributed by atoms with Crippen LogP contribution in [-0.2, 0) is 5.63 Å². The Morgan fingerprint density at radius 1 is 0.462 bits per heavy atom. The van der Waals surface area contributed by atoms with Crippen LogP contribution in [0.4, 0.5) is 0 Å². The van der Waals surface area contributed by atoms with Crippen LogP contribution < -0.4 is 9.81 Å². The van der Waals surface area contributed by atoms with E-state index < -0.39 is 31.6 Å². The van der Waals surface area contributed by atoms with E-state index in [-0.39, 0.29) is 11.1 Å². The van der Waals surface area contributed by atoms with E-state index in [1.165, 1.54) is 12.1 Å². The number of rotatable bonds is 7. The van der Waals surface area contributed by atoms with Gasteiger partial charge in [-0.05, 0) is 0 Å². The van der Waals surface area contributed by atoms with Crippen molar-refractivity contribution in [2.75, 3.05) is 0 Å². The molecule has 4 nitrogen and oxygen atoms in total. The van der Waals surface area contributed by atoms with E-state index in [9.17, 15) is 9.59 Å². The summed E-state index contributed by atoms with van der Waals surface area (Å²) in [4.78, 5) is 28.1. The third-order valence-electron chi connectivity index (χ3n) is 6.31. The van der Waals surface area contributed by atoms with Gasteiger partial charge in [0, 0.05) is 0 Å². The fourth-order valence-corrected chi connectivity index (χ4v) is 22.6. The summed E-state index contributed by atoms with van der Waals surface area (Å²) in [7, 11) is 0. The van der Waals surface area contributed by atoms with Crippen molar-refractivity contribution < 1.29 is 15.2 Å². The first-order chi connectivity index (χ1) is 18.9. The molecule has 7 heteroatoms. The van der Waals surface area contributed by atoms with Crippen LogP contribution >= 0.6 is 23.2 Å². The molecule has 0 aliphatic heterocycles. The van der Waals surface area contributed by atoms with Crippen molar-refractivity contribution in [2.45, 2.75) is 0 Å². The SMILES string of the molecule is O=C([O][Bi]([O]C(=O)c1cccc(Cl)c1)([c]1ccccc1)([c]1ccccc1)[c]1ccccc1)c1cccc(Cl)c1. The summed E-state index contributed by atoms with van der Waals surface area (Å²) in [6.45, 7) is 0. The zero-order valence-electron chi connectivity index (χ0n) is 20.6. The van der Waals surface area contributed by atoms with Crippen LogP contribution in [0, 0.1) is 0 Å². The van der Waals surface area contributed by atoms with Crippen LogP contribution in [0.2, 0.25) is 10.0 Å². The maximum absolute atomic E-state index is 14.1. The molecular formula is C32H23BiCl2O4. The van der Waals surface area contributed by atoms with Gasteiger partial charge in [0.2, 0.25) is 0 Å². The molecule has 194 valence electrons. The van der Waals surface area contributed by atoms with Crippen LogP contribution in [0.3, 0.4) is 0 Å². The van der Waals surface area contributed by atoms with E-state index in [1.54, 1.807) is 36.4 Å². The molecule has 0 fully saturated rings. The number of benzene rings is 5. The molecule has 0 aliphatic carbocycles. The van der Waals surface area contributed by atoms with Crippen LogP contribution in [0.25, 0.3) is 0 Å². The Morgan fingerprint density at radius 2 is 0.795 bits per heavy atom. The topological polar surface area (TPSA) is 52.6 Å². The van der Waals surface area contributed by atoms with Crippen molar-refractivity contribution in [2.24, 2.45) is 0 Å². The van der Waals surface area contributed by atoms with Gasteiger partial charge in [0.25, 0.3) is 0 Å². The van der Waals surface area contributed by atoms with Crippen LogP contribution in [-0.4, -0.2) is 31.6 Å². The van der Waals surface area contributed by atoms with Gasteiger partial charge in [-0.15, -0.1) is 0 Å². The molecule has 0 N–H and O–H groups in total. The predicted octanol–water partition coefficient (Wildman–Crippen LogP) is 6.13. The number of carbonyl (C=O) groups is 2. The van der Waals surface area contributed by atoms with Gasteiger partial charge in [0.15, 0.2) is 0 Å². The Morgan fingerprint density at radius 3 is 1.10 bits per heavy atom. The minimum absolute atomic E-state index is 0.241. The molecule has 5 aromatic rings. The van der Waals surface area contributed by atoms with Gasteiger partial charge in [-0.1, -0.05) is 0 Å². The molecule has 0 bridgehead atoms. The van der Waals surface area contributed by atoms with E-state index >= 15 is 0 Å². The van der Waals surface area contributed by atoms with Crippen molar-refractivity contribution in [1.29, 1.82) is 0 Å². The Hall–Kier alpha value is -3.50. The molecular weight excluding hydrogens is 728 g/mol. The molecule has 0 saturated heterocycles. The molecule has 0 atom stereocenters. The van der Waals surface area contributed by atoms with E-state index in [4.69, 9.17) is 28.8 Å². The number of carbonyl (C=O) groups excluding carboxylic acids is 2. The van der Waals surface area contributed by atoms with E-state index in [1.807, 2.05) is 91.0 Å². The van der Waals surface area contributed by atoms with Crippen molar-refractivity contribution in [3.8, 4) is 0 Å². The molecule has 5 aromatic carbocycles. The van der Waals surface area contributed by atoms with Crippen molar-refractivity contribution in [3.63, 3.8) is 0 Å². The normalized spacial score (nSPS) is 12.1. The summed E-state index contributed by atoms with van der Waals surface area (Å²) in [5, 5.41) is 0.768. The van der Waals surface area contributed by atoms with E-state index in [0.29, 0.717) is 19.9 Å². The van der Waals surface area contributed by atoms with Gasteiger partial charge in [0.1, 0.15) is 0 Å². The van der Waals surface area contributed by atoms with Gasteiger partial charge in [-0.25, -0.2) is 0 Å². The van der Waals surface area contributed by atoms with E-state index in [2.05, 4.69) is 0 Å². The average molecular weight is 751 g/mol. The molecule has 0 heterocycles. The Kier molecular flexibility index (Phi) is 7.86. The minimum atomic E-state index is -6.23. The summed E-state index contributed by atoms with van der Waals surface area (Å²) in [6, 6.07) is 40.8. The zero-order valence-corrected chi connectivity index (χ0v) is 25.6. The molecule has 5 rings (SSSR count). The van der Waals surface area contributed by atoms with Gasteiger partial charge < -0.3 is 0 Å².